The lowest BCUT2D eigenvalue weighted by molar-refractivity contribution is 0.363. The SMILES string of the molecule is C(=C1CCNC1)C1CCCC2CCCC=C12. The summed E-state index contributed by atoms with van der Waals surface area (Å²) < 4.78 is 0. The molecule has 2 unspecified atom stereocenters. The lowest BCUT2D eigenvalue weighted by Crippen LogP contribution is -2.21. The Kier molecular flexibility index (Phi) is 3.14. The van der Waals surface area contributed by atoms with E-state index in [9.17, 15) is 0 Å². The molecule has 3 aliphatic rings. The first kappa shape index (κ1) is 10.6. The summed E-state index contributed by atoms with van der Waals surface area (Å²) in [6.07, 6.45) is 15.0. The fourth-order valence-electron chi connectivity index (χ4n) is 3.67. The number of nitrogens with one attached hydrogen (secondary N) is 1. The fourth-order valence-corrected chi connectivity index (χ4v) is 3.67. The lowest BCUT2D eigenvalue weighted by Gasteiger charge is -2.34. The highest BCUT2D eigenvalue weighted by Gasteiger charge is 2.27. The van der Waals surface area contributed by atoms with Crippen LogP contribution in [-0.4, -0.2) is 13.1 Å². The van der Waals surface area contributed by atoms with Gasteiger partial charge in [0.15, 0.2) is 0 Å². The average Bonchev–Trinajstić information content (AvgIpc) is 2.82. The van der Waals surface area contributed by atoms with E-state index in [4.69, 9.17) is 0 Å². The molecule has 1 aliphatic heterocycles. The standard InChI is InChI=1S/C15H23N/c1-2-7-15-13(4-1)5-3-6-14(15)10-12-8-9-16-11-12/h7,10,13-14,16H,1-6,8-9,11H2. The number of rotatable bonds is 1. The van der Waals surface area contributed by atoms with E-state index >= 15 is 0 Å². The van der Waals surface area contributed by atoms with Gasteiger partial charge in [-0.15, -0.1) is 0 Å². The molecule has 88 valence electrons. The van der Waals surface area contributed by atoms with Crippen LogP contribution in [0.2, 0.25) is 0 Å². The largest absolute Gasteiger partial charge is 0.313 e. The Morgan fingerprint density at radius 2 is 2.12 bits per heavy atom. The molecule has 2 aliphatic carbocycles. The Morgan fingerprint density at radius 1 is 1.19 bits per heavy atom. The van der Waals surface area contributed by atoms with Gasteiger partial charge < -0.3 is 5.32 Å². The molecule has 1 N–H and O–H groups in total. The Hall–Kier alpha value is -0.560. The Balaban J connectivity index is 1.77. The van der Waals surface area contributed by atoms with Crippen LogP contribution in [0.1, 0.15) is 44.9 Å². The van der Waals surface area contributed by atoms with E-state index in [1.165, 1.54) is 51.5 Å². The van der Waals surface area contributed by atoms with Gasteiger partial charge >= 0.3 is 0 Å². The molecule has 3 rings (SSSR count). The molecule has 1 nitrogen and oxygen atoms in total. The summed E-state index contributed by atoms with van der Waals surface area (Å²) in [7, 11) is 0. The van der Waals surface area contributed by atoms with Crippen molar-refractivity contribution in [2.24, 2.45) is 11.8 Å². The fraction of sp³-hybridized carbons (Fsp3) is 0.733. The smallest absolute Gasteiger partial charge is 0.0165 e. The maximum Gasteiger partial charge on any atom is 0.0165 e. The zero-order valence-corrected chi connectivity index (χ0v) is 10.2. The van der Waals surface area contributed by atoms with E-state index in [0.29, 0.717) is 0 Å². The number of hydrogen-bond acceptors (Lipinski definition) is 1. The lowest BCUT2D eigenvalue weighted by atomic mass is 9.71. The summed E-state index contributed by atoms with van der Waals surface area (Å²) in [6.45, 7) is 2.34. The predicted octanol–water partition coefficient (Wildman–Crippen LogP) is 3.43. The van der Waals surface area contributed by atoms with Gasteiger partial charge in [0, 0.05) is 6.54 Å². The minimum atomic E-state index is 0.800. The number of fused-ring (bicyclic) bond motifs is 1. The van der Waals surface area contributed by atoms with Crippen LogP contribution in [0.25, 0.3) is 0 Å². The molecule has 0 aromatic carbocycles. The van der Waals surface area contributed by atoms with Crippen molar-refractivity contribution in [1.82, 2.24) is 5.32 Å². The highest BCUT2D eigenvalue weighted by atomic mass is 14.9. The van der Waals surface area contributed by atoms with Gasteiger partial charge in [0.2, 0.25) is 0 Å². The van der Waals surface area contributed by atoms with Crippen LogP contribution in [0, 0.1) is 11.8 Å². The van der Waals surface area contributed by atoms with Crippen LogP contribution in [-0.2, 0) is 0 Å². The monoisotopic (exact) mass is 217 g/mol. The molecule has 1 heterocycles. The molecule has 0 radical (unpaired) electrons. The quantitative estimate of drug-likeness (QED) is 0.663. The summed E-state index contributed by atoms with van der Waals surface area (Å²) >= 11 is 0. The van der Waals surface area contributed by atoms with Gasteiger partial charge in [0.1, 0.15) is 0 Å². The summed E-state index contributed by atoms with van der Waals surface area (Å²) in [5, 5.41) is 3.45. The van der Waals surface area contributed by atoms with Crippen molar-refractivity contribution >= 4 is 0 Å². The minimum Gasteiger partial charge on any atom is -0.313 e. The van der Waals surface area contributed by atoms with Crippen LogP contribution in [0.3, 0.4) is 0 Å². The van der Waals surface area contributed by atoms with Crippen molar-refractivity contribution in [3.8, 4) is 0 Å². The third-order valence-corrected chi connectivity index (χ3v) is 4.52. The van der Waals surface area contributed by atoms with Crippen LogP contribution < -0.4 is 5.32 Å². The number of allylic oxidation sites excluding steroid dienone is 3. The Bertz CT molecular complexity index is 305. The first-order valence-electron chi connectivity index (χ1n) is 7.04. The van der Waals surface area contributed by atoms with Gasteiger partial charge in [-0.1, -0.05) is 29.7 Å². The minimum absolute atomic E-state index is 0.800. The summed E-state index contributed by atoms with van der Waals surface area (Å²) in [5.41, 5.74) is 3.47. The second-order valence-electron chi connectivity index (χ2n) is 5.62. The van der Waals surface area contributed by atoms with Gasteiger partial charge in [-0.2, -0.15) is 0 Å². The molecule has 1 saturated heterocycles. The van der Waals surface area contributed by atoms with Crippen molar-refractivity contribution in [2.75, 3.05) is 13.1 Å². The van der Waals surface area contributed by atoms with Gasteiger partial charge in [0.05, 0.1) is 0 Å². The molecule has 1 saturated carbocycles. The van der Waals surface area contributed by atoms with E-state index < -0.39 is 0 Å². The van der Waals surface area contributed by atoms with Crippen LogP contribution in [0.4, 0.5) is 0 Å². The van der Waals surface area contributed by atoms with Gasteiger partial charge in [-0.3, -0.25) is 0 Å². The van der Waals surface area contributed by atoms with Crippen LogP contribution in [0.15, 0.2) is 23.3 Å². The molecule has 2 atom stereocenters. The van der Waals surface area contributed by atoms with Crippen molar-refractivity contribution in [3.05, 3.63) is 23.3 Å². The van der Waals surface area contributed by atoms with E-state index in [0.717, 1.165) is 18.4 Å². The second kappa shape index (κ2) is 4.75. The highest BCUT2D eigenvalue weighted by Crippen LogP contribution is 2.41. The maximum absolute atomic E-state index is 3.45. The first-order chi connectivity index (χ1) is 7.93. The molecule has 0 bridgehead atoms. The third-order valence-electron chi connectivity index (χ3n) is 4.52. The van der Waals surface area contributed by atoms with Gasteiger partial charge in [0.25, 0.3) is 0 Å². The zero-order valence-electron chi connectivity index (χ0n) is 10.2. The topological polar surface area (TPSA) is 12.0 Å². The summed E-state index contributed by atoms with van der Waals surface area (Å²) in [5.74, 6) is 1.74. The van der Waals surface area contributed by atoms with Gasteiger partial charge in [-0.05, 0) is 56.9 Å². The number of hydrogen-bond donors (Lipinski definition) is 1. The van der Waals surface area contributed by atoms with E-state index in [-0.39, 0.29) is 0 Å². The molecule has 16 heavy (non-hydrogen) atoms. The van der Waals surface area contributed by atoms with Crippen LogP contribution >= 0.6 is 0 Å². The Labute approximate surface area is 99.0 Å². The summed E-state index contributed by atoms with van der Waals surface area (Å²) in [6, 6.07) is 0. The zero-order chi connectivity index (χ0) is 10.8. The van der Waals surface area contributed by atoms with E-state index in [1.54, 1.807) is 11.1 Å². The van der Waals surface area contributed by atoms with Crippen molar-refractivity contribution in [2.45, 2.75) is 44.9 Å². The molecule has 0 amide bonds. The predicted molar refractivity (Wildman–Crippen MR) is 68.3 cm³/mol. The molecule has 2 fully saturated rings. The van der Waals surface area contributed by atoms with Crippen molar-refractivity contribution in [1.29, 1.82) is 0 Å². The molecular formula is C15H23N. The van der Waals surface area contributed by atoms with E-state index in [1.807, 2.05) is 0 Å². The molecular weight excluding hydrogens is 194 g/mol. The average molecular weight is 217 g/mol. The van der Waals surface area contributed by atoms with Gasteiger partial charge in [-0.25, -0.2) is 0 Å². The molecule has 0 aromatic rings. The first-order valence-corrected chi connectivity index (χ1v) is 7.04. The van der Waals surface area contributed by atoms with Crippen molar-refractivity contribution in [3.63, 3.8) is 0 Å². The maximum atomic E-state index is 3.45. The van der Waals surface area contributed by atoms with E-state index in [2.05, 4.69) is 17.5 Å². The summed E-state index contributed by atoms with van der Waals surface area (Å²) in [4.78, 5) is 0. The second-order valence-corrected chi connectivity index (χ2v) is 5.62. The Morgan fingerprint density at radius 3 is 3.00 bits per heavy atom. The van der Waals surface area contributed by atoms with Crippen molar-refractivity contribution < 1.29 is 0 Å². The molecule has 0 spiro atoms. The molecule has 0 aromatic heterocycles. The normalized spacial score (nSPS) is 37.2. The van der Waals surface area contributed by atoms with Crippen LogP contribution in [0.5, 0.6) is 0 Å². The highest BCUT2D eigenvalue weighted by molar-refractivity contribution is 5.24. The molecule has 1 heteroatoms. The third kappa shape index (κ3) is 2.10.